The molecule has 1 amide bonds. The Hall–Kier alpha value is -1.16. The summed E-state index contributed by atoms with van der Waals surface area (Å²) in [6.45, 7) is 2.59. The highest BCUT2D eigenvalue weighted by molar-refractivity contribution is 9.10. The molecule has 0 radical (unpaired) electrons. The topological polar surface area (TPSA) is 37.4 Å². The third-order valence-corrected chi connectivity index (χ3v) is 4.23. The number of alkyl halides is 1. The van der Waals surface area contributed by atoms with E-state index in [0.29, 0.717) is 0 Å². The summed E-state index contributed by atoms with van der Waals surface area (Å²) in [5.74, 6) is 0.594. The van der Waals surface area contributed by atoms with E-state index in [2.05, 4.69) is 15.9 Å². The summed E-state index contributed by atoms with van der Waals surface area (Å²) in [4.78, 5) is 25.8. The van der Waals surface area contributed by atoms with Crippen LogP contribution in [0.5, 0.6) is 0 Å². The molecular formula is C15H16BrNO2. The van der Waals surface area contributed by atoms with Gasteiger partial charge in [0.15, 0.2) is 5.78 Å². The SMILES string of the molecule is CC(Br)C(=O)c1ccc2c(c1)CCN2C(=O)C1CC1. The lowest BCUT2D eigenvalue weighted by Gasteiger charge is -2.17. The van der Waals surface area contributed by atoms with Crippen molar-refractivity contribution in [3.8, 4) is 0 Å². The first kappa shape index (κ1) is 12.9. The number of halogens is 1. The summed E-state index contributed by atoms with van der Waals surface area (Å²) in [5.41, 5.74) is 2.84. The lowest BCUT2D eigenvalue weighted by Crippen LogP contribution is -2.30. The Morgan fingerprint density at radius 3 is 2.74 bits per heavy atom. The van der Waals surface area contributed by atoms with Crippen LogP contribution in [0.1, 0.15) is 35.7 Å². The molecule has 1 aliphatic heterocycles. The standard InChI is InChI=1S/C15H16BrNO2/c1-9(16)14(18)12-4-5-13-11(8-12)6-7-17(13)15(19)10-2-3-10/h4-5,8-10H,2-3,6-7H2,1H3. The van der Waals surface area contributed by atoms with Gasteiger partial charge in [-0.1, -0.05) is 15.9 Å². The molecule has 1 fully saturated rings. The van der Waals surface area contributed by atoms with Crippen molar-refractivity contribution in [1.82, 2.24) is 0 Å². The third-order valence-electron chi connectivity index (χ3n) is 3.81. The van der Waals surface area contributed by atoms with Gasteiger partial charge in [0, 0.05) is 23.7 Å². The molecule has 0 saturated heterocycles. The maximum absolute atomic E-state index is 12.1. The quantitative estimate of drug-likeness (QED) is 0.634. The molecule has 0 aromatic heterocycles. The van der Waals surface area contributed by atoms with E-state index in [1.165, 1.54) is 0 Å². The lowest BCUT2D eigenvalue weighted by molar-refractivity contribution is -0.119. The Kier molecular flexibility index (Phi) is 3.21. The number of carbonyl (C=O) groups is 2. The molecule has 3 rings (SSSR count). The second-order valence-electron chi connectivity index (χ2n) is 5.34. The van der Waals surface area contributed by atoms with Gasteiger partial charge in [-0.15, -0.1) is 0 Å². The maximum Gasteiger partial charge on any atom is 0.230 e. The number of hydrogen-bond donors (Lipinski definition) is 0. The highest BCUT2D eigenvalue weighted by atomic mass is 79.9. The zero-order valence-corrected chi connectivity index (χ0v) is 12.4. The van der Waals surface area contributed by atoms with Gasteiger partial charge in [-0.2, -0.15) is 0 Å². The van der Waals surface area contributed by atoms with Crippen LogP contribution in [0.4, 0.5) is 5.69 Å². The van der Waals surface area contributed by atoms with Crippen LogP contribution in [-0.2, 0) is 11.2 Å². The fraction of sp³-hybridized carbons (Fsp3) is 0.467. The smallest absolute Gasteiger partial charge is 0.230 e. The Morgan fingerprint density at radius 2 is 2.11 bits per heavy atom. The fourth-order valence-corrected chi connectivity index (χ4v) is 2.83. The van der Waals surface area contributed by atoms with Gasteiger partial charge in [0.2, 0.25) is 5.91 Å². The van der Waals surface area contributed by atoms with Crippen LogP contribution in [0.2, 0.25) is 0 Å². The van der Waals surface area contributed by atoms with Gasteiger partial charge >= 0.3 is 0 Å². The summed E-state index contributed by atoms with van der Waals surface area (Å²) in [6.07, 6.45) is 2.91. The normalized spacial score (nSPS) is 19.2. The molecule has 19 heavy (non-hydrogen) atoms. The van der Waals surface area contributed by atoms with Crippen LogP contribution in [-0.4, -0.2) is 23.1 Å². The van der Waals surface area contributed by atoms with Gasteiger partial charge in [0.25, 0.3) is 0 Å². The number of anilines is 1. The summed E-state index contributed by atoms with van der Waals surface area (Å²) in [6, 6.07) is 5.69. The number of Topliss-reactive ketones (excluding diaryl/α,β-unsaturated/α-hetero) is 1. The predicted molar refractivity (Wildman–Crippen MR) is 77.9 cm³/mol. The predicted octanol–water partition coefficient (Wildman–Crippen LogP) is 2.95. The molecule has 1 heterocycles. The summed E-state index contributed by atoms with van der Waals surface area (Å²) in [7, 11) is 0. The molecule has 1 aliphatic carbocycles. The molecule has 3 nitrogen and oxygen atoms in total. The number of carbonyl (C=O) groups excluding carboxylic acids is 2. The van der Waals surface area contributed by atoms with E-state index in [1.807, 2.05) is 30.0 Å². The Labute approximate surface area is 121 Å². The van der Waals surface area contributed by atoms with Crippen LogP contribution in [0.15, 0.2) is 18.2 Å². The molecule has 1 unspecified atom stereocenters. The average molecular weight is 322 g/mol. The van der Waals surface area contributed by atoms with Gasteiger partial charge in [-0.3, -0.25) is 9.59 Å². The van der Waals surface area contributed by atoms with Gasteiger partial charge in [-0.05, 0) is 49.9 Å². The van der Waals surface area contributed by atoms with Crippen molar-refractivity contribution in [3.63, 3.8) is 0 Å². The second-order valence-corrected chi connectivity index (χ2v) is 6.71. The Bertz CT molecular complexity index is 549. The molecule has 1 aromatic rings. The Balaban J connectivity index is 1.87. The van der Waals surface area contributed by atoms with E-state index in [-0.39, 0.29) is 22.4 Å². The van der Waals surface area contributed by atoms with E-state index in [1.54, 1.807) is 0 Å². The summed E-state index contributed by atoms with van der Waals surface area (Å²) in [5, 5.41) is 0. The van der Waals surface area contributed by atoms with Crippen molar-refractivity contribution in [2.45, 2.75) is 31.0 Å². The number of amides is 1. The molecular weight excluding hydrogens is 306 g/mol. The molecule has 2 aliphatic rings. The van der Waals surface area contributed by atoms with Crippen molar-refractivity contribution >= 4 is 33.3 Å². The average Bonchev–Trinajstić information content (AvgIpc) is 3.16. The molecule has 1 aromatic carbocycles. The number of benzene rings is 1. The van der Waals surface area contributed by atoms with Crippen LogP contribution >= 0.6 is 15.9 Å². The zero-order chi connectivity index (χ0) is 13.6. The molecule has 0 N–H and O–H groups in total. The Morgan fingerprint density at radius 1 is 1.37 bits per heavy atom. The maximum atomic E-state index is 12.1. The van der Waals surface area contributed by atoms with Crippen molar-refractivity contribution in [3.05, 3.63) is 29.3 Å². The molecule has 4 heteroatoms. The van der Waals surface area contributed by atoms with E-state index >= 15 is 0 Å². The van der Waals surface area contributed by atoms with E-state index in [0.717, 1.165) is 42.6 Å². The number of fused-ring (bicyclic) bond motifs is 1. The molecule has 0 bridgehead atoms. The van der Waals surface area contributed by atoms with E-state index in [9.17, 15) is 9.59 Å². The van der Waals surface area contributed by atoms with Crippen LogP contribution in [0.3, 0.4) is 0 Å². The van der Waals surface area contributed by atoms with Crippen molar-refractivity contribution in [1.29, 1.82) is 0 Å². The number of ketones is 1. The van der Waals surface area contributed by atoms with Crippen LogP contribution < -0.4 is 4.90 Å². The number of rotatable bonds is 3. The largest absolute Gasteiger partial charge is 0.312 e. The minimum absolute atomic E-state index is 0.0924. The second kappa shape index (κ2) is 4.75. The number of hydrogen-bond acceptors (Lipinski definition) is 2. The third kappa shape index (κ3) is 2.34. The van der Waals surface area contributed by atoms with E-state index in [4.69, 9.17) is 0 Å². The lowest BCUT2D eigenvalue weighted by atomic mass is 10.0. The van der Waals surface area contributed by atoms with Crippen molar-refractivity contribution < 1.29 is 9.59 Å². The van der Waals surface area contributed by atoms with Crippen LogP contribution in [0.25, 0.3) is 0 Å². The molecule has 1 atom stereocenters. The van der Waals surface area contributed by atoms with Gasteiger partial charge in [-0.25, -0.2) is 0 Å². The fourth-order valence-electron chi connectivity index (χ4n) is 2.56. The monoisotopic (exact) mass is 321 g/mol. The zero-order valence-electron chi connectivity index (χ0n) is 10.9. The summed E-state index contributed by atoms with van der Waals surface area (Å²) >= 11 is 3.31. The van der Waals surface area contributed by atoms with Gasteiger partial charge in [0.05, 0.1) is 4.83 Å². The van der Waals surface area contributed by atoms with Crippen LogP contribution in [0, 0.1) is 5.92 Å². The number of nitrogens with zero attached hydrogens (tertiary/aromatic N) is 1. The molecule has 1 saturated carbocycles. The van der Waals surface area contributed by atoms with Gasteiger partial charge in [0.1, 0.15) is 0 Å². The van der Waals surface area contributed by atoms with Crippen molar-refractivity contribution in [2.24, 2.45) is 5.92 Å². The molecule has 100 valence electrons. The molecule has 0 spiro atoms. The van der Waals surface area contributed by atoms with Gasteiger partial charge < -0.3 is 4.90 Å². The van der Waals surface area contributed by atoms with Crippen molar-refractivity contribution in [2.75, 3.05) is 11.4 Å². The van der Waals surface area contributed by atoms with E-state index < -0.39 is 0 Å². The summed E-state index contributed by atoms with van der Waals surface area (Å²) < 4.78 is 0. The highest BCUT2D eigenvalue weighted by Gasteiger charge is 2.36. The first-order valence-electron chi connectivity index (χ1n) is 6.70. The first-order chi connectivity index (χ1) is 9.08. The minimum atomic E-state index is -0.170. The minimum Gasteiger partial charge on any atom is -0.312 e. The first-order valence-corrected chi connectivity index (χ1v) is 7.62. The highest BCUT2D eigenvalue weighted by Crippen LogP contribution is 2.36.